The van der Waals surface area contributed by atoms with E-state index in [0.717, 1.165) is 61.1 Å². The molecule has 3 aromatic rings. The number of nitrogens with one attached hydrogen (secondary N) is 2. The number of anilines is 1. The molecule has 37 heavy (non-hydrogen) atoms. The van der Waals surface area contributed by atoms with Gasteiger partial charge in [0.25, 0.3) is 5.91 Å². The van der Waals surface area contributed by atoms with E-state index in [1.165, 1.54) is 12.8 Å². The Labute approximate surface area is 222 Å². The van der Waals surface area contributed by atoms with Crippen molar-refractivity contribution in [3.63, 3.8) is 0 Å². The van der Waals surface area contributed by atoms with Crippen molar-refractivity contribution >= 4 is 23.5 Å². The standard InChI is InChI=1S/C29H31ClN4O3/c30-21-10-8-20(9-11-21)29(13-3-4-14-29)26-23(17-32-28(34-26)33-22-5-1-2-6-22)27(35)31-16-19-7-12-24-25(15-19)37-18-36-24/h7-12,15,17,22H,1-6,13-14,16,18H2,(H,31,35)(H,32,33,34). The molecule has 2 N–H and O–H groups in total. The molecule has 0 bridgehead atoms. The molecule has 1 aliphatic heterocycles. The number of amides is 1. The van der Waals surface area contributed by atoms with E-state index in [4.69, 9.17) is 26.1 Å². The monoisotopic (exact) mass is 518 g/mol. The van der Waals surface area contributed by atoms with E-state index in [2.05, 4.69) is 27.8 Å². The summed E-state index contributed by atoms with van der Waals surface area (Å²) in [6.07, 6.45) is 10.4. The molecule has 2 heterocycles. The Morgan fingerprint density at radius 2 is 1.76 bits per heavy atom. The van der Waals surface area contributed by atoms with E-state index >= 15 is 0 Å². The third-order valence-electron chi connectivity index (χ3n) is 7.92. The molecule has 2 saturated carbocycles. The molecule has 8 heteroatoms. The first-order valence-corrected chi connectivity index (χ1v) is 13.6. The number of hydrogen-bond donors (Lipinski definition) is 2. The lowest BCUT2D eigenvalue weighted by Gasteiger charge is -2.31. The van der Waals surface area contributed by atoms with Crippen molar-refractivity contribution in [3.8, 4) is 11.5 Å². The van der Waals surface area contributed by atoms with Crippen LogP contribution < -0.4 is 20.1 Å². The number of nitrogens with zero attached hydrogens (tertiary/aromatic N) is 2. The first kappa shape index (κ1) is 24.0. The Balaban J connectivity index is 1.33. The summed E-state index contributed by atoms with van der Waals surface area (Å²) in [6.45, 7) is 0.588. The topological polar surface area (TPSA) is 85.4 Å². The Morgan fingerprint density at radius 1 is 1.00 bits per heavy atom. The molecule has 2 aromatic carbocycles. The van der Waals surface area contributed by atoms with Gasteiger partial charge in [0, 0.05) is 29.2 Å². The average Bonchev–Trinajstić information content (AvgIpc) is 3.70. The second-order valence-electron chi connectivity index (χ2n) is 10.2. The maximum atomic E-state index is 13.6. The minimum atomic E-state index is -0.356. The summed E-state index contributed by atoms with van der Waals surface area (Å²) in [5.41, 5.74) is 3.04. The van der Waals surface area contributed by atoms with E-state index in [9.17, 15) is 4.79 Å². The van der Waals surface area contributed by atoms with Gasteiger partial charge in [-0.05, 0) is 61.1 Å². The molecule has 0 saturated heterocycles. The van der Waals surface area contributed by atoms with Crippen molar-refractivity contribution in [2.45, 2.75) is 69.4 Å². The normalized spacial score (nSPS) is 18.2. The second-order valence-corrected chi connectivity index (χ2v) is 10.7. The molecule has 2 aliphatic carbocycles. The zero-order chi connectivity index (χ0) is 25.2. The van der Waals surface area contributed by atoms with E-state index in [1.54, 1.807) is 6.20 Å². The van der Waals surface area contributed by atoms with Crippen LogP contribution in [0.25, 0.3) is 0 Å². The highest BCUT2D eigenvalue weighted by Gasteiger charge is 2.42. The Bertz CT molecular complexity index is 1280. The van der Waals surface area contributed by atoms with Gasteiger partial charge in [-0.15, -0.1) is 0 Å². The van der Waals surface area contributed by atoms with Crippen LogP contribution in [0.4, 0.5) is 5.95 Å². The molecular formula is C29H31ClN4O3. The largest absolute Gasteiger partial charge is 0.454 e. The van der Waals surface area contributed by atoms with Crippen LogP contribution in [0, 0.1) is 0 Å². The van der Waals surface area contributed by atoms with E-state index in [1.807, 2.05) is 30.3 Å². The van der Waals surface area contributed by atoms with Crippen LogP contribution in [0.5, 0.6) is 11.5 Å². The molecule has 0 spiro atoms. The van der Waals surface area contributed by atoms with Crippen molar-refractivity contribution in [3.05, 3.63) is 76.1 Å². The fraction of sp³-hybridized carbons (Fsp3) is 0.414. The molecule has 2 fully saturated rings. The predicted octanol–water partition coefficient (Wildman–Crippen LogP) is 6.00. The third-order valence-corrected chi connectivity index (χ3v) is 8.17. The zero-order valence-electron chi connectivity index (χ0n) is 20.8. The van der Waals surface area contributed by atoms with Gasteiger partial charge in [0.2, 0.25) is 12.7 Å². The molecule has 3 aliphatic rings. The van der Waals surface area contributed by atoms with Gasteiger partial charge in [-0.2, -0.15) is 0 Å². The number of carbonyl (C=O) groups excluding carboxylic acids is 1. The van der Waals surface area contributed by atoms with Crippen LogP contribution in [0.2, 0.25) is 5.02 Å². The molecule has 0 unspecified atom stereocenters. The lowest BCUT2D eigenvalue weighted by molar-refractivity contribution is 0.0947. The van der Waals surface area contributed by atoms with Crippen LogP contribution in [0.3, 0.4) is 0 Å². The number of halogens is 1. The smallest absolute Gasteiger partial charge is 0.255 e. The van der Waals surface area contributed by atoms with Gasteiger partial charge in [-0.1, -0.05) is 55.5 Å². The minimum absolute atomic E-state index is 0.180. The summed E-state index contributed by atoms with van der Waals surface area (Å²) < 4.78 is 10.9. The fourth-order valence-electron chi connectivity index (χ4n) is 5.97. The number of rotatable bonds is 7. The van der Waals surface area contributed by atoms with Crippen LogP contribution in [0.1, 0.15) is 78.5 Å². The summed E-state index contributed by atoms with van der Waals surface area (Å²) in [7, 11) is 0. The van der Waals surface area contributed by atoms with E-state index in [-0.39, 0.29) is 18.1 Å². The molecule has 0 atom stereocenters. The van der Waals surface area contributed by atoms with Gasteiger partial charge in [0.1, 0.15) is 0 Å². The number of hydrogen-bond acceptors (Lipinski definition) is 6. The van der Waals surface area contributed by atoms with Gasteiger partial charge in [0.05, 0.1) is 11.3 Å². The van der Waals surface area contributed by atoms with Crippen LogP contribution in [-0.2, 0) is 12.0 Å². The van der Waals surface area contributed by atoms with Crippen molar-refractivity contribution in [1.29, 1.82) is 0 Å². The quantitative estimate of drug-likeness (QED) is 0.399. The highest BCUT2D eigenvalue weighted by atomic mass is 35.5. The molecule has 7 nitrogen and oxygen atoms in total. The summed E-state index contributed by atoms with van der Waals surface area (Å²) in [5.74, 6) is 1.85. The predicted molar refractivity (Wildman–Crippen MR) is 142 cm³/mol. The van der Waals surface area contributed by atoms with Crippen molar-refractivity contribution < 1.29 is 14.3 Å². The Morgan fingerprint density at radius 3 is 2.54 bits per heavy atom. The van der Waals surface area contributed by atoms with Gasteiger partial charge in [0.15, 0.2) is 11.5 Å². The van der Waals surface area contributed by atoms with Gasteiger partial charge >= 0.3 is 0 Å². The zero-order valence-corrected chi connectivity index (χ0v) is 21.5. The summed E-state index contributed by atoms with van der Waals surface area (Å²) in [6, 6.07) is 14.1. The third kappa shape index (κ3) is 4.85. The van der Waals surface area contributed by atoms with Crippen LogP contribution in [-0.4, -0.2) is 28.7 Å². The highest BCUT2D eigenvalue weighted by Crippen LogP contribution is 2.47. The molecular weight excluding hydrogens is 488 g/mol. The van der Waals surface area contributed by atoms with Gasteiger partial charge in [-0.25, -0.2) is 9.97 Å². The van der Waals surface area contributed by atoms with Crippen LogP contribution >= 0.6 is 11.6 Å². The molecule has 6 rings (SSSR count). The van der Waals surface area contributed by atoms with Crippen molar-refractivity contribution in [2.24, 2.45) is 0 Å². The van der Waals surface area contributed by atoms with Gasteiger partial charge in [-0.3, -0.25) is 4.79 Å². The maximum Gasteiger partial charge on any atom is 0.255 e. The first-order chi connectivity index (χ1) is 18.1. The SMILES string of the molecule is O=C(NCc1ccc2c(c1)OCO2)c1cnc(NC2CCCC2)nc1C1(c2ccc(Cl)cc2)CCCC1. The molecule has 1 aromatic heterocycles. The average molecular weight is 519 g/mol. The number of ether oxygens (including phenoxy) is 2. The lowest BCUT2D eigenvalue weighted by atomic mass is 9.74. The number of aromatic nitrogens is 2. The Hall–Kier alpha value is -3.32. The maximum absolute atomic E-state index is 13.6. The summed E-state index contributed by atoms with van der Waals surface area (Å²) >= 11 is 6.23. The van der Waals surface area contributed by atoms with Gasteiger partial charge < -0.3 is 20.1 Å². The lowest BCUT2D eigenvalue weighted by Crippen LogP contribution is -2.33. The van der Waals surface area contributed by atoms with Crippen molar-refractivity contribution in [2.75, 3.05) is 12.1 Å². The molecule has 192 valence electrons. The van der Waals surface area contributed by atoms with Crippen molar-refractivity contribution in [1.82, 2.24) is 15.3 Å². The number of carbonyl (C=O) groups is 1. The molecule has 0 radical (unpaired) electrons. The van der Waals surface area contributed by atoms with Crippen LogP contribution in [0.15, 0.2) is 48.7 Å². The minimum Gasteiger partial charge on any atom is -0.454 e. The summed E-state index contributed by atoms with van der Waals surface area (Å²) in [4.78, 5) is 23.3. The Kier molecular flexibility index (Phi) is 6.63. The second kappa shape index (κ2) is 10.2. The number of benzene rings is 2. The first-order valence-electron chi connectivity index (χ1n) is 13.2. The number of fused-ring (bicyclic) bond motifs is 1. The van der Waals surface area contributed by atoms with E-state index < -0.39 is 0 Å². The highest BCUT2D eigenvalue weighted by molar-refractivity contribution is 6.30. The summed E-state index contributed by atoms with van der Waals surface area (Å²) in [5, 5.41) is 7.31. The fourth-order valence-corrected chi connectivity index (χ4v) is 6.10. The van der Waals surface area contributed by atoms with E-state index in [0.29, 0.717) is 34.9 Å². The molecule has 1 amide bonds.